The Morgan fingerprint density at radius 2 is 2.09 bits per heavy atom. The van der Waals surface area contributed by atoms with Crippen LogP contribution in [0.2, 0.25) is 0 Å². The number of oxazole rings is 1. The number of aromatic nitrogens is 1. The van der Waals surface area contributed by atoms with Crippen LogP contribution in [0.4, 0.5) is 0 Å². The van der Waals surface area contributed by atoms with Crippen molar-refractivity contribution in [1.82, 2.24) is 10.3 Å². The molecular weight excluding hydrogens is 280 g/mol. The highest BCUT2D eigenvalue weighted by Crippen LogP contribution is 2.31. The Kier molecular flexibility index (Phi) is 3.90. The Bertz CT molecular complexity index is 788. The zero-order valence-electron chi connectivity index (χ0n) is 13.3. The lowest BCUT2D eigenvalue weighted by atomic mass is 10.1. The summed E-state index contributed by atoms with van der Waals surface area (Å²) in [5.41, 5.74) is 2.00. The molecule has 1 atom stereocenters. The number of hydrogen-bond donors (Lipinski definition) is 1. The van der Waals surface area contributed by atoms with Gasteiger partial charge in [-0.1, -0.05) is 0 Å². The third-order valence-corrected chi connectivity index (χ3v) is 3.83. The van der Waals surface area contributed by atoms with Gasteiger partial charge >= 0.3 is 0 Å². The van der Waals surface area contributed by atoms with Crippen LogP contribution < -0.4 is 10.1 Å². The van der Waals surface area contributed by atoms with Crippen molar-refractivity contribution >= 4 is 11.0 Å². The van der Waals surface area contributed by atoms with Crippen LogP contribution in [0.1, 0.15) is 35.9 Å². The molecule has 1 unspecified atom stereocenters. The van der Waals surface area contributed by atoms with E-state index in [2.05, 4.69) is 24.1 Å². The first-order valence-electron chi connectivity index (χ1n) is 7.30. The summed E-state index contributed by atoms with van der Waals surface area (Å²) in [6.45, 7) is 6.59. The Balaban J connectivity index is 1.81. The van der Waals surface area contributed by atoms with Crippen molar-refractivity contribution in [2.75, 3.05) is 7.11 Å². The zero-order chi connectivity index (χ0) is 15.7. The summed E-state index contributed by atoms with van der Waals surface area (Å²) in [6.07, 6.45) is 1.74. The number of ether oxygens (including phenoxy) is 1. The van der Waals surface area contributed by atoms with Gasteiger partial charge in [0.1, 0.15) is 22.9 Å². The number of benzene rings is 1. The smallest absolute Gasteiger partial charge is 0.191 e. The molecule has 5 heteroatoms. The average Bonchev–Trinajstić information content (AvgIpc) is 3.08. The van der Waals surface area contributed by atoms with E-state index < -0.39 is 0 Å². The van der Waals surface area contributed by atoms with Gasteiger partial charge in [0.25, 0.3) is 0 Å². The molecule has 3 rings (SSSR count). The van der Waals surface area contributed by atoms with Gasteiger partial charge in [-0.2, -0.15) is 0 Å². The van der Waals surface area contributed by atoms with Crippen LogP contribution >= 0.6 is 0 Å². The monoisotopic (exact) mass is 300 g/mol. The summed E-state index contributed by atoms with van der Waals surface area (Å²) in [6, 6.07) is 5.93. The number of furan rings is 1. The molecule has 0 aliphatic carbocycles. The standard InChI is InChI=1S/C17H20N2O3/c1-10-15-7-13(20-4)5-6-16(15)22-17(10)11(2)18-8-14-9-19-12(3)21-14/h5-7,9,11,18H,8H2,1-4H3. The first kappa shape index (κ1) is 14.7. The van der Waals surface area contributed by atoms with E-state index in [-0.39, 0.29) is 6.04 Å². The zero-order valence-corrected chi connectivity index (χ0v) is 13.3. The molecule has 0 aliphatic heterocycles. The molecule has 2 heterocycles. The maximum atomic E-state index is 5.99. The predicted octanol–water partition coefficient (Wildman–Crippen LogP) is 3.90. The van der Waals surface area contributed by atoms with Gasteiger partial charge in [0.15, 0.2) is 5.89 Å². The lowest BCUT2D eigenvalue weighted by Crippen LogP contribution is -2.17. The molecule has 0 bridgehead atoms. The van der Waals surface area contributed by atoms with Gasteiger partial charge in [0.2, 0.25) is 0 Å². The van der Waals surface area contributed by atoms with Gasteiger partial charge in [-0.25, -0.2) is 4.98 Å². The van der Waals surface area contributed by atoms with Crippen molar-refractivity contribution in [3.05, 3.63) is 47.4 Å². The van der Waals surface area contributed by atoms with Crippen LogP contribution in [0, 0.1) is 13.8 Å². The Labute approximate surface area is 129 Å². The number of nitrogens with one attached hydrogen (secondary N) is 1. The lowest BCUT2D eigenvalue weighted by Gasteiger charge is -2.10. The highest BCUT2D eigenvalue weighted by Gasteiger charge is 2.17. The third kappa shape index (κ3) is 2.72. The first-order valence-corrected chi connectivity index (χ1v) is 7.30. The second kappa shape index (κ2) is 5.85. The molecule has 1 N–H and O–H groups in total. The Morgan fingerprint density at radius 1 is 1.27 bits per heavy atom. The van der Waals surface area contributed by atoms with Gasteiger partial charge in [-0.3, -0.25) is 0 Å². The highest BCUT2D eigenvalue weighted by atomic mass is 16.5. The number of fused-ring (bicyclic) bond motifs is 1. The van der Waals surface area contributed by atoms with E-state index in [1.54, 1.807) is 13.3 Å². The first-order chi connectivity index (χ1) is 10.6. The summed E-state index contributed by atoms with van der Waals surface area (Å²) in [4.78, 5) is 4.09. The van der Waals surface area contributed by atoms with Gasteiger partial charge in [0, 0.05) is 17.9 Å². The van der Waals surface area contributed by atoms with Gasteiger partial charge in [0.05, 0.1) is 25.9 Å². The molecule has 1 aromatic carbocycles. The second-order valence-electron chi connectivity index (χ2n) is 5.40. The molecule has 22 heavy (non-hydrogen) atoms. The summed E-state index contributed by atoms with van der Waals surface area (Å²) in [5, 5.41) is 4.48. The number of aryl methyl sites for hydroxylation is 2. The van der Waals surface area contributed by atoms with E-state index in [9.17, 15) is 0 Å². The van der Waals surface area contributed by atoms with Crippen LogP contribution in [0.5, 0.6) is 5.75 Å². The van der Waals surface area contributed by atoms with Crippen molar-refractivity contribution in [3.8, 4) is 5.75 Å². The molecular formula is C17H20N2O3. The van der Waals surface area contributed by atoms with Crippen LogP contribution in [-0.4, -0.2) is 12.1 Å². The van der Waals surface area contributed by atoms with Crippen LogP contribution in [0.15, 0.2) is 33.2 Å². The molecule has 0 saturated heterocycles. The van der Waals surface area contributed by atoms with E-state index in [0.29, 0.717) is 12.4 Å². The molecule has 0 fully saturated rings. The van der Waals surface area contributed by atoms with Crippen LogP contribution in [0.25, 0.3) is 11.0 Å². The molecule has 3 aromatic rings. The summed E-state index contributed by atoms with van der Waals surface area (Å²) in [5.74, 6) is 3.26. The third-order valence-electron chi connectivity index (χ3n) is 3.83. The van der Waals surface area contributed by atoms with Gasteiger partial charge in [-0.05, 0) is 32.0 Å². The molecule has 0 spiro atoms. The quantitative estimate of drug-likeness (QED) is 0.774. The van der Waals surface area contributed by atoms with E-state index in [4.69, 9.17) is 13.6 Å². The number of hydrogen-bond acceptors (Lipinski definition) is 5. The van der Waals surface area contributed by atoms with Gasteiger partial charge in [-0.15, -0.1) is 0 Å². The molecule has 5 nitrogen and oxygen atoms in total. The minimum absolute atomic E-state index is 0.0730. The number of rotatable bonds is 5. The fraction of sp³-hybridized carbons (Fsp3) is 0.353. The number of nitrogens with zero attached hydrogens (tertiary/aromatic N) is 1. The topological polar surface area (TPSA) is 60.4 Å². The van der Waals surface area contributed by atoms with Crippen molar-refractivity contribution in [1.29, 1.82) is 0 Å². The minimum atomic E-state index is 0.0730. The predicted molar refractivity (Wildman–Crippen MR) is 84.0 cm³/mol. The minimum Gasteiger partial charge on any atom is -0.497 e. The Hall–Kier alpha value is -2.27. The average molecular weight is 300 g/mol. The fourth-order valence-electron chi connectivity index (χ4n) is 2.59. The van der Waals surface area contributed by atoms with Crippen molar-refractivity contribution < 1.29 is 13.6 Å². The van der Waals surface area contributed by atoms with E-state index >= 15 is 0 Å². The van der Waals surface area contributed by atoms with E-state index in [0.717, 1.165) is 33.8 Å². The second-order valence-corrected chi connectivity index (χ2v) is 5.40. The van der Waals surface area contributed by atoms with Crippen molar-refractivity contribution in [2.24, 2.45) is 0 Å². The van der Waals surface area contributed by atoms with E-state index in [1.807, 2.05) is 25.1 Å². The Morgan fingerprint density at radius 3 is 2.77 bits per heavy atom. The molecule has 2 aromatic heterocycles. The maximum Gasteiger partial charge on any atom is 0.191 e. The number of methoxy groups -OCH3 is 1. The molecule has 0 amide bonds. The molecule has 0 aliphatic rings. The summed E-state index contributed by atoms with van der Waals surface area (Å²) in [7, 11) is 1.67. The maximum absolute atomic E-state index is 5.99. The molecule has 0 radical (unpaired) electrons. The largest absolute Gasteiger partial charge is 0.497 e. The fourth-order valence-corrected chi connectivity index (χ4v) is 2.59. The summed E-state index contributed by atoms with van der Waals surface area (Å²) >= 11 is 0. The van der Waals surface area contributed by atoms with Gasteiger partial charge < -0.3 is 18.9 Å². The van der Waals surface area contributed by atoms with Crippen molar-refractivity contribution in [2.45, 2.75) is 33.4 Å². The van der Waals surface area contributed by atoms with Crippen molar-refractivity contribution in [3.63, 3.8) is 0 Å². The van der Waals surface area contributed by atoms with E-state index in [1.165, 1.54) is 0 Å². The lowest BCUT2D eigenvalue weighted by molar-refractivity contribution is 0.407. The molecule has 116 valence electrons. The highest BCUT2D eigenvalue weighted by molar-refractivity contribution is 5.83. The van der Waals surface area contributed by atoms with Crippen LogP contribution in [0.3, 0.4) is 0 Å². The SMILES string of the molecule is COc1ccc2oc(C(C)NCc3cnc(C)o3)c(C)c2c1. The normalized spacial score (nSPS) is 12.7. The summed E-state index contributed by atoms with van der Waals surface area (Å²) < 4.78 is 16.7. The molecule has 0 saturated carbocycles. The van der Waals surface area contributed by atoms with Crippen LogP contribution in [-0.2, 0) is 6.54 Å².